The van der Waals surface area contributed by atoms with Crippen molar-refractivity contribution >= 4 is 61.1 Å². The van der Waals surface area contributed by atoms with E-state index < -0.39 is 33.4 Å². The van der Waals surface area contributed by atoms with Crippen molar-refractivity contribution in [2.75, 3.05) is 19.0 Å². The Bertz CT molecular complexity index is 1510. The van der Waals surface area contributed by atoms with E-state index in [2.05, 4.69) is 5.32 Å². The van der Waals surface area contributed by atoms with Gasteiger partial charge < -0.3 is 19.2 Å². The molecule has 33 heavy (non-hydrogen) atoms. The molecule has 0 fully saturated rings. The molecule has 1 amide bonds. The molecule has 170 valence electrons. The first kappa shape index (κ1) is 22.6. The Labute approximate surface area is 193 Å². The highest BCUT2D eigenvalue weighted by Gasteiger charge is 2.19. The lowest BCUT2D eigenvalue weighted by molar-refractivity contribution is -0.119. The Balaban J connectivity index is 1.50. The average molecular weight is 489 g/mol. The third-order valence-corrected chi connectivity index (χ3v) is 6.17. The number of methoxy groups -OCH3 is 1. The number of hydrogen-bond acceptors (Lipinski definition) is 7. The van der Waals surface area contributed by atoms with Crippen molar-refractivity contribution in [2.24, 2.45) is 5.14 Å². The van der Waals surface area contributed by atoms with E-state index in [0.717, 1.165) is 16.8 Å². The van der Waals surface area contributed by atoms with E-state index in [0.29, 0.717) is 22.6 Å². The summed E-state index contributed by atoms with van der Waals surface area (Å²) in [7, 11) is -2.68. The summed E-state index contributed by atoms with van der Waals surface area (Å²) in [5, 5.41) is 9.27. The van der Waals surface area contributed by atoms with E-state index in [9.17, 15) is 18.0 Å². The molecule has 0 aliphatic heterocycles. The van der Waals surface area contributed by atoms with Gasteiger partial charge >= 0.3 is 5.97 Å². The highest BCUT2D eigenvalue weighted by atomic mass is 35.5. The van der Waals surface area contributed by atoms with Crippen LogP contribution in [0.4, 0.5) is 5.69 Å². The molecule has 1 heterocycles. The summed E-state index contributed by atoms with van der Waals surface area (Å²) in [6.07, 6.45) is 0. The van der Waals surface area contributed by atoms with E-state index in [4.69, 9.17) is 30.6 Å². The van der Waals surface area contributed by atoms with Crippen LogP contribution in [0, 0.1) is 0 Å². The fraction of sp³-hybridized carbons (Fsp3) is 0.0909. The number of carbonyl (C=O) groups is 2. The minimum absolute atomic E-state index is 0.127. The molecule has 0 saturated heterocycles. The quantitative estimate of drug-likeness (QED) is 0.394. The Kier molecular flexibility index (Phi) is 5.98. The number of furan rings is 1. The third-order valence-electron chi connectivity index (χ3n) is 4.78. The number of nitrogens with one attached hydrogen (secondary N) is 1. The fourth-order valence-corrected chi connectivity index (χ4v) is 4.34. The van der Waals surface area contributed by atoms with Crippen LogP contribution in [0.3, 0.4) is 0 Å². The van der Waals surface area contributed by atoms with Crippen molar-refractivity contribution in [1.29, 1.82) is 0 Å². The molecular weight excluding hydrogens is 472 g/mol. The maximum Gasteiger partial charge on any atom is 0.338 e. The molecule has 4 aromatic rings. The van der Waals surface area contributed by atoms with E-state index >= 15 is 0 Å². The Morgan fingerprint density at radius 1 is 1.06 bits per heavy atom. The van der Waals surface area contributed by atoms with Gasteiger partial charge in [0.25, 0.3) is 5.91 Å². The molecule has 4 rings (SSSR count). The van der Waals surface area contributed by atoms with Gasteiger partial charge in [-0.25, -0.2) is 18.4 Å². The van der Waals surface area contributed by atoms with Crippen LogP contribution in [0.15, 0.2) is 63.9 Å². The lowest BCUT2D eigenvalue weighted by Crippen LogP contribution is -2.21. The van der Waals surface area contributed by atoms with Crippen LogP contribution in [0.5, 0.6) is 5.75 Å². The molecule has 0 aliphatic carbocycles. The standard InChI is InChI=1S/C22H17ClN2O7S/c1-30-19-9-14-13-4-2-3-5-17(13)32-18(14)10-16(19)25-21(26)11-31-22(27)12-6-7-15(23)20(8-12)33(24,28)29/h2-10H,11H2,1H3,(H,25,26)(H2,24,28,29). The first-order valence-electron chi connectivity index (χ1n) is 9.46. The number of nitrogens with two attached hydrogens (primary N) is 1. The second-order valence-corrected chi connectivity index (χ2v) is 8.90. The van der Waals surface area contributed by atoms with Crippen molar-refractivity contribution in [2.45, 2.75) is 4.90 Å². The first-order valence-corrected chi connectivity index (χ1v) is 11.4. The van der Waals surface area contributed by atoms with Crippen LogP contribution < -0.4 is 15.2 Å². The number of ether oxygens (including phenoxy) is 2. The monoisotopic (exact) mass is 488 g/mol. The van der Waals surface area contributed by atoms with Crippen LogP contribution in [0.25, 0.3) is 21.9 Å². The van der Waals surface area contributed by atoms with Gasteiger partial charge in [0, 0.05) is 16.8 Å². The van der Waals surface area contributed by atoms with Crippen LogP contribution >= 0.6 is 11.6 Å². The largest absolute Gasteiger partial charge is 0.495 e. The van der Waals surface area contributed by atoms with Gasteiger partial charge in [0.2, 0.25) is 10.0 Å². The zero-order chi connectivity index (χ0) is 23.8. The summed E-state index contributed by atoms with van der Waals surface area (Å²) >= 11 is 5.80. The molecule has 0 atom stereocenters. The number of esters is 1. The number of primary sulfonamides is 1. The Hall–Kier alpha value is -3.60. The first-order chi connectivity index (χ1) is 15.7. The molecule has 0 radical (unpaired) electrons. The van der Waals surface area contributed by atoms with Gasteiger partial charge in [-0.15, -0.1) is 0 Å². The number of amides is 1. The number of halogens is 1. The predicted octanol–water partition coefficient (Wildman–Crippen LogP) is 3.69. The van der Waals surface area contributed by atoms with Gasteiger partial charge in [0.1, 0.15) is 21.8 Å². The number of hydrogen-bond donors (Lipinski definition) is 2. The molecule has 11 heteroatoms. The van der Waals surface area contributed by atoms with E-state index in [-0.39, 0.29) is 10.6 Å². The van der Waals surface area contributed by atoms with Crippen LogP contribution in [-0.2, 0) is 19.6 Å². The molecule has 1 aromatic heterocycles. The van der Waals surface area contributed by atoms with Gasteiger partial charge in [0.15, 0.2) is 6.61 Å². The van der Waals surface area contributed by atoms with Gasteiger partial charge in [-0.05, 0) is 30.3 Å². The van der Waals surface area contributed by atoms with Crippen molar-refractivity contribution < 1.29 is 31.9 Å². The topological polar surface area (TPSA) is 138 Å². The van der Waals surface area contributed by atoms with Crippen molar-refractivity contribution in [1.82, 2.24) is 0 Å². The summed E-state index contributed by atoms with van der Waals surface area (Å²) in [6.45, 7) is -0.631. The van der Waals surface area contributed by atoms with Crippen molar-refractivity contribution in [3.05, 3.63) is 65.2 Å². The summed E-state index contributed by atoms with van der Waals surface area (Å²) in [5.74, 6) is -1.17. The minimum Gasteiger partial charge on any atom is -0.495 e. The lowest BCUT2D eigenvalue weighted by Gasteiger charge is -2.11. The lowest BCUT2D eigenvalue weighted by atomic mass is 10.1. The number of anilines is 1. The molecule has 0 aliphatic rings. The molecule has 0 spiro atoms. The average Bonchev–Trinajstić information content (AvgIpc) is 3.13. The SMILES string of the molecule is COc1cc2c(cc1NC(=O)COC(=O)c1ccc(Cl)c(S(N)(=O)=O)c1)oc1ccccc12. The minimum atomic E-state index is -4.14. The second kappa shape index (κ2) is 8.74. The number of para-hydroxylation sites is 1. The number of rotatable bonds is 6. The zero-order valence-electron chi connectivity index (χ0n) is 17.1. The van der Waals surface area contributed by atoms with Gasteiger partial charge in [-0.1, -0.05) is 29.8 Å². The van der Waals surface area contributed by atoms with E-state index in [1.807, 2.05) is 24.3 Å². The maximum atomic E-state index is 12.4. The predicted molar refractivity (Wildman–Crippen MR) is 122 cm³/mol. The molecule has 0 bridgehead atoms. The number of fused-ring (bicyclic) bond motifs is 3. The van der Waals surface area contributed by atoms with Gasteiger partial charge in [0.05, 0.1) is 23.4 Å². The summed E-state index contributed by atoms with van der Waals surface area (Å²) in [6, 6.07) is 14.3. The summed E-state index contributed by atoms with van der Waals surface area (Å²) < 4.78 is 39.3. The smallest absolute Gasteiger partial charge is 0.338 e. The highest BCUT2D eigenvalue weighted by Crippen LogP contribution is 2.36. The Morgan fingerprint density at radius 2 is 1.82 bits per heavy atom. The van der Waals surface area contributed by atoms with Crippen LogP contribution in [0.1, 0.15) is 10.4 Å². The summed E-state index contributed by atoms with van der Waals surface area (Å²) in [5.41, 5.74) is 1.43. The van der Waals surface area contributed by atoms with Crippen molar-refractivity contribution in [3.8, 4) is 5.75 Å². The Morgan fingerprint density at radius 3 is 2.55 bits per heavy atom. The molecule has 0 saturated carbocycles. The summed E-state index contributed by atoms with van der Waals surface area (Å²) in [4.78, 5) is 24.2. The number of carbonyl (C=O) groups excluding carboxylic acids is 2. The molecular formula is C22H17ClN2O7S. The maximum absolute atomic E-state index is 12.4. The van der Waals surface area contributed by atoms with Crippen LogP contribution in [-0.4, -0.2) is 34.0 Å². The van der Waals surface area contributed by atoms with Gasteiger partial charge in [-0.3, -0.25) is 4.79 Å². The van der Waals surface area contributed by atoms with Gasteiger partial charge in [-0.2, -0.15) is 0 Å². The zero-order valence-corrected chi connectivity index (χ0v) is 18.7. The molecule has 3 aromatic carbocycles. The second-order valence-electron chi connectivity index (χ2n) is 6.96. The molecule has 0 unspecified atom stereocenters. The third kappa shape index (κ3) is 4.63. The van der Waals surface area contributed by atoms with Crippen LogP contribution in [0.2, 0.25) is 5.02 Å². The number of benzene rings is 3. The molecule has 9 nitrogen and oxygen atoms in total. The van der Waals surface area contributed by atoms with E-state index in [1.54, 1.807) is 12.1 Å². The number of sulfonamides is 1. The highest BCUT2D eigenvalue weighted by molar-refractivity contribution is 7.89. The molecule has 3 N–H and O–H groups in total. The van der Waals surface area contributed by atoms with E-state index in [1.165, 1.54) is 19.2 Å². The normalized spacial score (nSPS) is 11.5. The van der Waals surface area contributed by atoms with Crippen molar-refractivity contribution in [3.63, 3.8) is 0 Å². The fourth-order valence-electron chi connectivity index (χ4n) is 3.27.